The van der Waals surface area contributed by atoms with Crippen LogP contribution in [0.2, 0.25) is 0 Å². The number of likely N-dealkylation sites (N-methyl/N-ethyl adjacent to an activating group) is 1. The van der Waals surface area contributed by atoms with E-state index in [0.29, 0.717) is 24.9 Å². The highest BCUT2D eigenvalue weighted by molar-refractivity contribution is 5.91. The number of carboxylic acids is 2. The molecule has 1 saturated heterocycles. The molecule has 2 aliphatic carbocycles. The molecule has 5 rings (SSSR count). The van der Waals surface area contributed by atoms with Crippen molar-refractivity contribution in [2.45, 2.75) is 87.4 Å². The summed E-state index contributed by atoms with van der Waals surface area (Å²) >= 11 is 0. The summed E-state index contributed by atoms with van der Waals surface area (Å²) in [7, 11) is 1.92. The summed E-state index contributed by atoms with van der Waals surface area (Å²) in [6.45, 7) is 2.64. The van der Waals surface area contributed by atoms with Crippen molar-refractivity contribution in [2.24, 2.45) is 0 Å². The highest BCUT2D eigenvalue weighted by Crippen LogP contribution is 2.65. The number of ether oxygens (including phenoxy) is 4. The number of hydrogen-bond donors (Lipinski definition) is 5. The van der Waals surface area contributed by atoms with E-state index >= 15 is 0 Å². The number of likely N-dealkylation sites (tertiary alicyclic amines) is 1. The van der Waals surface area contributed by atoms with Crippen LogP contribution in [0.1, 0.15) is 50.7 Å². The van der Waals surface area contributed by atoms with E-state index in [1.54, 1.807) is 6.07 Å². The molecule has 4 aliphatic rings. The number of aromatic hydroxyl groups is 1. The molecule has 2 aliphatic heterocycles. The number of rotatable bonds is 11. The van der Waals surface area contributed by atoms with Gasteiger partial charge >= 0.3 is 29.8 Å². The van der Waals surface area contributed by atoms with Crippen LogP contribution in [0.5, 0.6) is 11.5 Å². The predicted molar refractivity (Wildman–Crippen MR) is 150 cm³/mol. The number of nitrogens with zero attached hydrogens (tertiary/aromatic N) is 1. The summed E-state index contributed by atoms with van der Waals surface area (Å²) in [5.74, 6) is -7.47. The van der Waals surface area contributed by atoms with Gasteiger partial charge in [0.15, 0.2) is 23.7 Å². The maximum Gasteiger partial charge on any atom is 0.348 e. The molecular formula is C30H34N2O14. The number of carbonyl (C=O) groups is 6. The molecule has 1 spiro atoms. The Kier molecular flexibility index (Phi) is 8.46. The molecule has 16 heteroatoms. The Bertz CT molecular complexity index is 1540. The maximum atomic E-state index is 13.2. The zero-order valence-corrected chi connectivity index (χ0v) is 25.2. The second kappa shape index (κ2) is 11.9. The number of aliphatic hydroxyl groups is 1. The van der Waals surface area contributed by atoms with E-state index in [2.05, 4.69) is 4.90 Å². The minimum absolute atomic E-state index is 0.0438. The van der Waals surface area contributed by atoms with E-state index in [0.717, 1.165) is 19.4 Å². The van der Waals surface area contributed by atoms with Crippen molar-refractivity contribution in [3.63, 3.8) is 0 Å². The van der Waals surface area contributed by atoms with Gasteiger partial charge < -0.3 is 49.6 Å². The minimum Gasteiger partial charge on any atom is -0.504 e. The highest BCUT2D eigenvalue weighted by atomic mass is 16.6. The molecule has 1 aromatic rings. The van der Waals surface area contributed by atoms with Gasteiger partial charge in [0.25, 0.3) is 5.91 Å². The van der Waals surface area contributed by atoms with Crippen molar-refractivity contribution >= 4 is 35.8 Å². The van der Waals surface area contributed by atoms with Crippen LogP contribution < -0.4 is 10.1 Å². The standard InChI is InChI=1S/C30H34N2O14/c1-13(26(38)31-16(27(39)40)11-21(35)36)43-28(41)19(44-14(2)33)12-22(37)45-18-6-7-30(42)20-10-15-4-5-17(34)24-23(15)29(30,25(18)46-24)8-9-32(20)3/h4-6,13,16,19-20,25,34,42H,7-12H2,1-3H3,(H,31,38)(H,35,36)(H,39,40)/t13-,16+,19-,20-,25-,29-,30+/m0/s1. The molecule has 0 aromatic heterocycles. The van der Waals surface area contributed by atoms with Gasteiger partial charge in [0, 0.05) is 24.9 Å². The lowest BCUT2D eigenvalue weighted by Crippen LogP contribution is -2.74. The summed E-state index contributed by atoms with van der Waals surface area (Å²) in [6, 6.07) is 1.22. The number of esters is 3. The molecule has 2 heterocycles. The molecule has 1 fully saturated rings. The maximum absolute atomic E-state index is 13.2. The van der Waals surface area contributed by atoms with Crippen LogP contribution in [0.25, 0.3) is 0 Å². The van der Waals surface area contributed by atoms with Crippen molar-refractivity contribution < 1.29 is 68.1 Å². The Morgan fingerprint density at radius 1 is 1.13 bits per heavy atom. The molecule has 7 atom stereocenters. The summed E-state index contributed by atoms with van der Waals surface area (Å²) in [5, 5.41) is 42.8. The fourth-order valence-corrected chi connectivity index (χ4v) is 7.10. The van der Waals surface area contributed by atoms with Crippen molar-refractivity contribution in [3.8, 4) is 11.5 Å². The Hall–Kier alpha value is -4.70. The summed E-state index contributed by atoms with van der Waals surface area (Å²) in [6.07, 6.45) is -3.73. The number of phenols is 1. The summed E-state index contributed by atoms with van der Waals surface area (Å²) in [5.41, 5.74) is -0.773. The van der Waals surface area contributed by atoms with Gasteiger partial charge in [0.1, 0.15) is 11.8 Å². The molecule has 1 aromatic carbocycles. The second-order valence-electron chi connectivity index (χ2n) is 12.0. The average molecular weight is 647 g/mol. The van der Waals surface area contributed by atoms with Gasteiger partial charge in [-0.05, 0) is 51.1 Å². The number of aliphatic carboxylic acids is 2. The van der Waals surface area contributed by atoms with Crippen molar-refractivity contribution in [3.05, 3.63) is 35.1 Å². The van der Waals surface area contributed by atoms with Gasteiger partial charge in [-0.2, -0.15) is 0 Å². The number of piperidine rings is 1. The largest absolute Gasteiger partial charge is 0.504 e. The predicted octanol–water partition coefficient (Wildman–Crippen LogP) is -0.489. The lowest BCUT2D eigenvalue weighted by molar-refractivity contribution is -0.177. The van der Waals surface area contributed by atoms with Crippen LogP contribution in [-0.4, -0.2) is 111 Å². The molecule has 46 heavy (non-hydrogen) atoms. The summed E-state index contributed by atoms with van der Waals surface area (Å²) < 4.78 is 21.9. The first kappa shape index (κ1) is 32.7. The monoisotopic (exact) mass is 646 g/mol. The van der Waals surface area contributed by atoms with Crippen LogP contribution in [0.15, 0.2) is 24.0 Å². The zero-order valence-electron chi connectivity index (χ0n) is 25.2. The van der Waals surface area contributed by atoms with Gasteiger partial charge in [-0.15, -0.1) is 0 Å². The Morgan fingerprint density at radius 3 is 2.50 bits per heavy atom. The average Bonchev–Trinajstić information content (AvgIpc) is 3.32. The lowest BCUT2D eigenvalue weighted by atomic mass is 9.50. The highest BCUT2D eigenvalue weighted by Gasteiger charge is 2.72. The Morgan fingerprint density at radius 2 is 1.85 bits per heavy atom. The van der Waals surface area contributed by atoms with E-state index in [-0.39, 0.29) is 29.7 Å². The third-order valence-corrected chi connectivity index (χ3v) is 9.16. The van der Waals surface area contributed by atoms with Crippen molar-refractivity contribution in [1.29, 1.82) is 0 Å². The van der Waals surface area contributed by atoms with E-state index in [4.69, 9.17) is 29.2 Å². The molecule has 2 bridgehead atoms. The molecule has 0 radical (unpaired) electrons. The number of hydrogen-bond acceptors (Lipinski definition) is 13. The Balaban J connectivity index is 1.32. The topological polar surface area (TPSA) is 236 Å². The Labute approximate surface area is 261 Å². The lowest BCUT2D eigenvalue weighted by Gasteiger charge is -2.61. The smallest absolute Gasteiger partial charge is 0.348 e. The molecule has 5 N–H and O–H groups in total. The second-order valence-corrected chi connectivity index (χ2v) is 12.0. The van der Waals surface area contributed by atoms with Crippen LogP contribution in [-0.2, 0) is 54.8 Å². The van der Waals surface area contributed by atoms with Crippen LogP contribution >= 0.6 is 0 Å². The van der Waals surface area contributed by atoms with Crippen LogP contribution in [0.3, 0.4) is 0 Å². The molecule has 0 saturated carbocycles. The van der Waals surface area contributed by atoms with Crippen LogP contribution in [0, 0.1) is 0 Å². The van der Waals surface area contributed by atoms with Gasteiger partial charge in [-0.3, -0.25) is 19.2 Å². The van der Waals surface area contributed by atoms with Crippen molar-refractivity contribution in [2.75, 3.05) is 13.6 Å². The molecule has 248 valence electrons. The normalized spacial score (nSPS) is 27.4. The van der Waals surface area contributed by atoms with Crippen molar-refractivity contribution in [1.82, 2.24) is 10.2 Å². The SMILES string of the molecule is CC(=O)O[C@@H](CC(=O)OC1=CC[C@@]2(O)[C@@H]3Cc4ccc(O)c5c4[C@@]2(CCN3C)[C@H]1O5)C(=O)O[C@@H](C)C(=O)N[C@H](CC(=O)O)C(=O)O. The molecular weight excluding hydrogens is 612 g/mol. The van der Waals surface area contributed by atoms with E-state index < -0.39 is 84.0 Å². The first-order chi connectivity index (χ1) is 21.6. The van der Waals surface area contributed by atoms with Gasteiger partial charge in [-0.1, -0.05) is 6.07 Å². The summed E-state index contributed by atoms with van der Waals surface area (Å²) in [4.78, 5) is 74.5. The van der Waals surface area contributed by atoms with Gasteiger partial charge in [0.05, 0.1) is 23.9 Å². The zero-order chi connectivity index (χ0) is 33.7. The first-order valence-corrected chi connectivity index (χ1v) is 14.6. The van der Waals surface area contributed by atoms with Gasteiger partial charge in [0.2, 0.25) is 6.10 Å². The first-order valence-electron chi connectivity index (χ1n) is 14.6. The molecule has 16 nitrogen and oxygen atoms in total. The number of carbonyl (C=O) groups excluding carboxylic acids is 4. The van der Waals surface area contributed by atoms with E-state index in [1.807, 2.05) is 12.4 Å². The molecule has 0 unspecified atom stereocenters. The number of benzene rings is 1. The number of amides is 1. The number of nitrogens with one attached hydrogen (secondary N) is 1. The number of phenolic OH excluding ortho intramolecular Hbond substituents is 1. The quantitative estimate of drug-likeness (QED) is 0.151. The fourth-order valence-electron chi connectivity index (χ4n) is 7.10. The van der Waals surface area contributed by atoms with E-state index in [1.165, 1.54) is 12.1 Å². The number of carboxylic acid groups (broad SMARTS) is 2. The van der Waals surface area contributed by atoms with Gasteiger partial charge in [-0.25, -0.2) is 9.59 Å². The third kappa shape index (κ3) is 5.40. The minimum atomic E-state index is -1.87. The molecule has 1 amide bonds. The van der Waals surface area contributed by atoms with E-state index in [9.17, 15) is 39.0 Å². The fraction of sp³-hybridized carbons (Fsp3) is 0.533. The van der Waals surface area contributed by atoms with Crippen LogP contribution in [0.4, 0.5) is 0 Å². The third-order valence-electron chi connectivity index (χ3n) is 9.16.